The highest BCUT2D eigenvalue weighted by atomic mass is 32.1. The van der Waals surface area contributed by atoms with Crippen molar-refractivity contribution < 1.29 is 28.7 Å². The maximum atomic E-state index is 10.4. The van der Waals surface area contributed by atoms with Crippen molar-refractivity contribution in [1.82, 2.24) is 0 Å². The molecular formula is C2H8O6P2S. The second-order valence-corrected chi connectivity index (χ2v) is 6.22. The van der Waals surface area contributed by atoms with E-state index in [0.717, 1.165) is 0 Å². The summed E-state index contributed by atoms with van der Waals surface area (Å²) in [5, 5.41) is -1.99. The van der Waals surface area contributed by atoms with Crippen LogP contribution in [0, 0.1) is 0 Å². The molecule has 9 heteroatoms. The van der Waals surface area contributed by atoms with E-state index in [0.29, 0.717) is 0 Å². The highest BCUT2D eigenvalue weighted by Gasteiger charge is 2.41. The molecule has 0 saturated heterocycles. The van der Waals surface area contributed by atoms with Crippen LogP contribution in [0.2, 0.25) is 0 Å². The Balaban J connectivity index is 4.72. The van der Waals surface area contributed by atoms with Crippen molar-refractivity contribution in [2.75, 3.05) is 5.75 Å². The van der Waals surface area contributed by atoms with E-state index >= 15 is 0 Å². The number of hydrogen-bond donors (Lipinski definition) is 5. The largest absolute Gasteiger partial charge is 0.341 e. The van der Waals surface area contributed by atoms with Crippen LogP contribution < -0.4 is 0 Å². The molecule has 0 heterocycles. The molecule has 0 aromatic rings. The van der Waals surface area contributed by atoms with Gasteiger partial charge in [-0.3, -0.25) is 9.13 Å². The molecule has 0 radical (unpaired) electrons. The van der Waals surface area contributed by atoms with Gasteiger partial charge in [0.2, 0.25) is 0 Å². The van der Waals surface area contributed by atoms with E-state index in [9.17, 15) is 9.13 Å². The summed E-state index contributed by atoms with van der Waals surface area (Å²) in [6.07, 6.45) is 0. The molecule has 0 atom stereocenters. The minimum Gasteiger partial charge on any atom is -0.324 e. The van der Waals surface area contributed by atoms with Crippen LogP contribution in [0.1, 0.15) is 0 Å². The van der Waals surface area contributed by atoms with Crippen molar-refractivity contribution in [3.63, 3.8) is 0 Å². The van der Waals surface area contributed by atoms with Crippen LogP contribution in [0.25, 0.3) is 0 Å². The molecule has 0 aliphatic carbocycles. The fraction of sp³-hybridized carbons (Fsp3) is 1.00. The Labute approximate surface area is 68.4 Å². The maximum Gasteiger partial charge on any atom is 0.341 e. The van der Waals surface area contributed by atoms with Crippen molar-refractivity contribution in [2.24, 2.45) is 0 Å². The molecule has 6 nitrogen and oxygen atoms in total. The lowest BCUT2D eigenvalue weighted by atomic mass is 10.9. The first-order chi connectivity index (χ1) is 4.69. The van der Waals surface area contributed by atoms with Crippen LogP contribution in [0.3, 0.4) is 0 Å². The SMILES string of the molecule is O=P(O)(O)C(CS)P(=O)(O)O. The molecule has 0 aromatic heterocycles. The Morgan fingerprint density at radius 2 is 1.36 bits per heavy atom. The Kier molecular flexibility index (Phi) is 3.79. The first kappa shape index (κ1) is 11.6. The standard InChI is InChI=1S/C2H8O6P2S/c3-9(4,5)2(1-11)10(6,7)8/h2,11H,1H2,(H2,3,4,5)(H2,6,7,8). The minimum absolute atomic E-state index is 0.547. The summed E-state index contributed by atoms with van der Waals surface area (Å²) in [5.41, 5.74) is 0. The quantitative estimate of drug-likeness (QED) is 0.327. The zero-order valence-corrected chi connectivity index (χ0v) is 7.91. The predicted molar refractivity (Wildman–Crippen MR) is 41.7 cm³/mol. The lowest BCUT2D eigenvalue weighted by molar-refractivity contribution is 0.343. The Morgan fingerprint density at radius 1 is 1.09 bits per heavy atom. The van der Waals surface area contributed by atoms with E-state index in [4.69, 9.17) is 19.6 Å². The lowest BCUT2D eigenvalue weighted by Crippen LogP contribution is -2.10. The average molecular weight is 222 g/mol. The smallest absolute Gasteiger partial charge is 0.324 e. The zero-order chi connectivity index (χ0) is 9.28. The van der Waals surface area contributed by atoms with E-state index < -0.39 is 26.3 Å². The first-order valence-corrected chi connectivity index (χ1v) is 6.40. The predicted octanol–water partition coefficient (Wildman–Crippen LogP) is -0.402. The molecule has 0 aliphatic rings. The van der Waals surface area contributed by atoms with Gasteiger partial charge in [-0.15, -0.1) is 0 Å². The fourth-order valence-corrected chi connectivity index (χ4v) is 3.68. The highest BCUT2D eigenvalue weighted by molar-refractivity contribution is 7.82. The summed E-state index contributed by atoms with van der Waals surface area (Å²) >= 11 is 3.42. The topological polar surface area (TPSA) is 115 Å². The number of hydrogen-bond acceptors (Lipinski definition) is 3. The number of rotatable bonds is 3. The molecule has 4 N–H and O–H groups in total. The molecule has 11 heavy (non-hydrogen) atoms. The van der Waals surface area contributed by atoms with Crippen molar-refractivity contribution >= 4 is 27.8 Å². The molecule has 0 rings (SSSR count). The van der Waals surface area contributed by atoms with Gasteiger partial charge in [-0.25, -0.2) is 0 Å². The van der Waals surface area contributed by atoms with E-state index in [1.165, 1.54) is 0 Å². The molecule has 0 saturated carbocycles. The third-order valence-corrected chi connectivity index (χ3v) is 5.60. The van der Waals surface area contributed by atoms with Crippen molar-refractivity contribution in [2.45, 2.75) is 5.40 Å². The van der Waals surface area contributed by atoms with Crippen LogP contribution in [0.5, 0.6) is 0 Å². The van der Waals surface area contributed by atoms with Gasteiger partial charge in [0.15, 0.2) is 5.40 Å². The summed E-state index contributed by atoms with van der Waals surface area (Å²) in [6.45, 7) is 0. The molecule has 0 unspecified atom stereocenters. The number of thiol groups is 1. The molecular weight excluding hydrogens is 214 g/mol. The second-order valence-electron chi connectivity index (χ2n) is 1.84. The average Bonchev–Trinajstić information content (AvgIpc) is 1.56. The van der Waals surface area contributed by atoms with Crippen molar-refractivity contribution in [3.8, 4) is 0 Å². The van der Waals surface area contributed by atoms with Gasteiger partial charge in [-0.05, 0) is 0 Å². The molecule has 0 spiro atoms. The Bertz CT molecular complexity index is 193. The monoisotopic (exact) mass is 222 g/mol. The van der Waals surface area contributed by atoms with Gasteiger partial charge in [0.1, 0.15) is 0 Å². The van der Waals surface area contributed by atoms with Crippen LogP contribution in [0.4, 0.5) is 0 Å². The summed E-state index contributed by atoms with van der Waals surface area (Å²) in [5.74, 6) is -0.547. The fourth-order valence-electron chi connectivity index (χ4n) is 0.409. The van der Waals surface area contributed by atoms with Gasteiger partial charge in [0.25, 0.3) is 0 Å². The molecule has 0 fully saturated rings. The van der Waals surface area contributed by atoms with Crippen LogP contribution in [-0.2, 0) is 9.13 Å². The first-order valence-electron chi connectivity index (χ1n) is 2.41. The third kappa shape index (κ3) is 3.71. The van der Waals surface area contributed by atoms with E-state index in [1.807, 2.05) is 0 Å². The Morgan fingerprint density at radius 3 is 1.36 bits per heavy atom. The molecule has 0 aromatic carbocycles. The summed E-state index contributed by atoms with van der Waals surface area (Å²) in [7, 11) is -9.47. The van der Waals surface area contributed by atoms with E-state index in [2.05, 4.69) is 12.6 Å². The van der Waals surface area contributed by atoms with Crippen LogP contribution in [0.15, 0.2) is 0 Å². The normalized spacial score (nSPS) is 14.0. The van der Waals surface area contributed by atoms with Gasteiger partial charge in [-0.1, -0.05) is 0 Å². The summed E-state index contributed by atoms with van der Waals surface area (Å²) < 4.78 is 20.7. The highest BCUT2D eigenvalue weighted by Crippen LogP contribution is 2.59. The maximum absolute atomic E-state index is 10.4. The summed E-state index contributed by atoms with van der Waals surface area (Å²) in [4.78, 5) is 33.5. The van der Waals surface area contributed by atoms with Crippen molar-refractivity contribution in [1.29, 1.82) is 0 Å². The van der Waals surface area contributed by atoms with Crippen LogP contribution in [-0.4, -0.2) is 30.7 Å². The zero-order valence-electron chi connectivity index (χ0n) is 5.23. The molecule has 0 bridgehead atoms. The van der Waals surface area contributed by atoms with E-state index in [1.54, 1.807) is 0 Å². The van der Waals surface area contributed by atoms with Gasteiger partial charge < -0.3 is 19.6 Å². The molecule has 0 aliphatic heterocycles. The van der Waals surface area contributed by atoms with Gasteiger partial charge in [-0.2, -0.15) is 12.6 Å². The van der Waals surface area contributed by atoms with E-state index in [-0.39, 0.29) is 0 Å². The second kappa shape index (κ2) is 3.58. The summed E-state index contributed by atoms with van der Waals surface area (Å²) in [6, 6.07) is 0. The van der Waals surface area contributed by atoms with Crippen molar-refractivity contribution in [3.05, 3.63) is 0 Å². The lowest BCUT2D eigenvalue weighted by Gasteiger charge is -2.16. The van der Waals surface area contributed by atoms with Gasteiger partial charge in [0.05, 0.1) is 0 Å². The molecule has 68 valence electrons. The third-order valence-electron chi connectivity index (χ3n) is 0.940. The van der Waals surface area contributed by atoms with Gasteiger partial charge in [0, 0.05) is 5.75 Å². The van der Waals surface area contributed by atoms with Gasteiger partial charge >= 0.3 is 15.2 Å². The van der Waals surface area contributed by atoms with Crippen LogP contribution >= 0.6 is 27.8 Å². The molecule has 0 amide bonds. The minimum atomic E-state index is -4.74. The Hall–Kier alpha value is 0.650.